The number of benzene rings is 2. The van der Waals surface area contributed by atoms with Crippen molar-refractivity contribution < 1.29 is 9.53 Å². The van der Waals surface area contributed by atoms with Gasteiger partial charge < -0.3 is 10.1 Å². The summed E-state index contributed by atoms with van der Waals surface area (Å²) in [4.78, 5) is 11.8. The number of carbonyl (C=O) groups is 1. The largest absolute Gasteiger partial charge is 0.497 e. The van der Waals surface area contributed by atoms with Crippen molar-refractivity contribution in [3.8, 4) is 5.75 Å². The quantitative estimate of drug-likeness (QED) is 0.912. The normalized spacial score (nSPS) is 10.0. The molecule has 2 rings (SSSR count). The van der Waals surface area contributed by atoms with Crippen LogP contribution in [-0.4, -0.2) is 20.1 Å². The van der Waals surface area contributed by atoms with Crippen LogP contribution in [0.15, 0.2) is 48.5 Å². The van der Waals surface area contributed by atoms with E-state index < -0.39 is 0 Å². The lowest BCUT2D eigenvalue weighted by molar-refractivity contribution is 0.0962. The number of rotatable bonds is 4. The first kappa shape index (κ1) is 13.1. The van der Waals surface area contributed by atoms with E-state index in [-0.39, 0.29) is 5.91 Å². The molecule has 98 valence electrons. The smallest absolute Gasteiger partial charge is 0.251 e. The zero-order chi connectivity index (χ0) is 13.7. The molecule has 1 amide bonds. The molecule has 3 heteroatoms. The number of ether oxygens (including phenoxy) is 1. The van der Waals surface area contributed by atoms with Gasteiger partial charge in [0.25, 0.3) is 5.91 Å². The van der Waals surface area contributed by atoms with Crippen molar-refractivity contribution in [1.29, 1.82) is 0 Å². The van der Waals surface area contributed by atoms with E-state index >= 15 is 0 Å². The summed E-state index contributed by atoms with van der Waals surface area (Å²) in [6.45, 7) is 0. The Balaban J connectivity index is 2.25. The van der Waals surface area contributed by atoms with Crippen LogP contribution in [0.4, 0.5) is 0 Å². The van der Waals surface area contributed by atoms with Crippen LogP contribution >= 0.6 is 0 Å². The molecule has 0 aliphatic rings. The van der Waals surface area contributed by atoms with Crippen LogP contribution in [0.3, 0.4) is 0 Å². The van der Waals surface area contributed by atoms with Crippen LogP contribution in [-0.2, 0) is 6.42 Å². The molecule has 0 unspecified atom stereocenters. The van der Waals surface area contributed by atoms with Gasteiger partial charge in [0.2, 0.25) is 0 Å². The zero-order valence-corrected chi connectivity index (χ0v) is 11.1. The Kier molecular flexibility index (Phi) is 4.18. The molecule has 0 saturated heterocycles. The first-order valence-corrected chi connectivity index (χ1v) is 6.17. The van der Waals surface area contributed by atoms with Gasteiger partial charge in [-0.2, -0.15) is 0 Å². The molecule has 0 aliphatic heterocycles. The van der Waals surface area contributed by atoms with Gasteiger partial charge in [-0.05, 0) is 35.7 Å². The molecule has 0 aromatic heterocycles. The topological polar surface area (TPSA) is 38.3 Å². The van der Waals surface area contributed by atoms with Crippen molar-refractivity contribution in [2.24, 2.45) is 0 Å². The minimum atomic E-state index is -0.0517. The third-order valence-electron chi connectivity index (χ3n) is 3.04. The van der Waals surface area contributed by atoms with Crippen LogP contribution in [0.5, 0.6) is 5.75 Å². The minimum Gasteiger partial charge on any atom is -0.497 e. The summed E-state index contributed by atoms with van der Waals surface area (Å²) in [6.07, 6.45) is 0.730. The molecule has 0 aliphatic carbocycles. The zero-order valence-electron chi connectivity index (χ0n) is 11.1. The number of carbonyl (C=O) groups excluding carboxylic acids is 1. The first-order chi connectivity index (χ1) is 9.24. The minimum absolute atomic E-state index is 0.0517. The molecule has 19 heavy (non-hydrogen) atoms. The van der Waals surface area contributed by atoms with Gasteiger partial charge >= 0.3 is 0 Å². The van der Waals surface area contributed by atoms with Gasteiger partial charge in [-0.15, -0.1) is 0 Å². The van der Waals surface area contributed by atoms with Crippen molar-refractivity contribution in [2.75, 3.05) is 14.2 Å². The fraction of sp³-hybridized carbons (Fsp3) is 0.188. The maximum atomic E-state index is 11.8. The number of nitrogens with one attached hydrogen (secondary N) is 1. The Labute approximate surface area is 113 Å². The highest BCUT2D eigenvalue weighted by Gasteiger charge is 2.09. The lowest BCUT2D eigenvalue weighted by Crippen LogP contribution is -2.19. The average molecular weight is 255 g/mol. The Bertz CT molecular complexity index is 561. The third kappa shape index (κ3) is 3.13. The average Bonchev–Trinajstić information content (AvgIpc) is 2.48. The standard InChI is InChI=1S/C16H17NO2/c1-17-16(18)15-6-4-3-5-13(15)11-12-7-9-14(19-2)10-8-12/h3-10H,11H2,1-2H3,(H,17,18). The van der Waals surface area contributed by atoms with Gasteiger partial charge in [0.1, 0.15) is 5.75 Å². The van der Waals surface area contributed by atoms with Gasteiger partial charge in [0, 0.05) is 12.6 Å². The molecule has 3 nitrogen and oxygen atoms in total. The Morgan fingerprint density at radius 1 is 1.11 bits per heavy atom. The van der Waals surface area contributed by atoms with E-state index in [1.54, 1.807) is 14.2 Å². The summed E-state index contributed by atoms with van der Waals surface area (Å²) in [5, 5.41) is 2.67. The Morgan fingerprint density at radius 2 is 1.79 bits per heavy atom. The SMILES string of the molecule is CNC(=O)c1ccccc1Cc1ccc(OC)cc1. The molecule has 0 bridgehead atoms. The second-order valence-electron chi connectivity index (χ2n) is 4.26. The lowest BCUT2D eigenvalue weighted by Gasteiger charge is -2.09. The molecular formula is C16H17NO2. The molecule has 0 heterocycles. The molecule has 2 aromatic rings. The van der Waals surface area contributed by atoms with Gasteiger partial charge in [-0.3, -0.25) is 4.79 Å². The van der Waals surface area contributed by atoms with Crippen LogP contribution in [0, 0.1) is 0 Å². The van der Waals surface area contributed by atoms with Crippen LogP contribution in [0.25, 0.3) is 0 Å². The van der Waals surface area contributed by atoms with E-state index in [0.29, 0.717) is 0 Å². The molecule has 0 atom stereocenters. The maximum absolute atomic E-state index is 11.8. The van der Waals surface area contributed by atoms with Crippen LogP contribution < -0.4 is 10.1 Å². The predicted octanol–water partition coefficient (Wildman–Crippen LogP) is 2.65. The second-order valence-corrected chi connectivity index (χ2v) is 4.26. The number of amides is 1. The summed E-state index contributed by atoms with van der Waals surface area (Å²) in [7, 11) is 3.29. The summed E-state index contributed by atoms with van der Waals surface area (Å²) in [6, 6.07) is 15.5. The van der Waals surface area contributed by atoms with Crippen molar-refractivity contribution in [2.45, 2.75) is 6.42 Å². The highest BCUT2D eigenvalue weighted by Crippen LogP contribution is 2.17. The number of hydrogen-bond acceptors (Lipinski definition) is 2. The molecule has 0 spiro atoms. The fourth-order valence-electron chi connectivity index (χ4n) is 1.99. The Morgan fingerprint density at radius 3 is 2.42 bits per heavy atom. The summed E-state index contributed by atoms with van der Waals surface area (Å²) >= 11 is 0. The monoisotopic (exact) mass is 255 g/mol. The summed E-state index contributed by atoms with van der Waals surface area (Å²) in [5.74, 6) is 0.785. The molecular weight excluding hydrogens is 238 g/mol. The molecule has 1 N–H and O–H groups in total. The van der Waals surface area contributed by atoms with E-state index in [2.05, 4.69) is 5.32 Å². The van der Waals surface area contributed by atoms with Crippen molar-refractivity contribution in [3.63, 3.8) is 0 Å². The number of hydrogen-bond donors (Lipinski definition) is 1. The van der Waals surface area contributed by atoms with Crippen molar-refractivity contribution in [1.82, 2.24) is 5.32 Å². The van der Waals surface area contributed by atoms with Crippen LogP contribution in [0.2, 0.25) is 0 Å². The van der Waals surface area contributed by atoms with Crippen molar-refractivity contribution >= 4 is 5.91 Å². The predicted molar refractivity (Wildman–Crippen MR) is 75.6 cm³/mol. The van der Waals surface area contributed by atoms with Crippen molar-refractivity contribution in [3.05, 3.63) is 65.2 Å². The maximum Gasteiger partial charge on any atom is 0.251 e. The Hall–Kier alpha value is -2.29. The highest BCUT2D eigenvalue weighted by molar-refractivity contribution is 5.95. The van der Waals surface area contributed by atoms with Gasteiger partial charge in [0.15, 0.2) is 0 Å². The van der Waals surface area contributed by atoms with Gasteiger partial charge in [0.05, 0.1) is 7.11 Å². The van der Waals surface area contributed by atoms with Crippen LogP contribution in [0.1, 0.15) is 21.5 Å². The summed E-state index contributed by atoms with van der Waals surface area (Å²) < 4.78 is 5.13. The number of methoxy groups -OCH3 is 1. The fourth-order valence-corrected chi connectivity index (χ4v) is 1.99. The van der Waals surface area contributed by atoms with E-state index in [4.69, 9.17) is 4.74 Å². The molecule has 0 saturated carbocycles. The molecule has 0 radical (unpaired) electrons. The lowest BCUT2D eigenvalue weighted by atomic mass is 9.99. The highest BCUT2D eigenvalue weighted by atomic mass is 16.5. The van der Waals surface area contributed by atoms with E-state index in [0.717, 1.165) is 28.9 Å². The molecule has 2 aromatic carbocycles. The van der Waals surface area contributed by atoms with E-state index in [1.165, 1.54) is 0 Å². The van der Waals surface area contributed by atoms with E-state index in [1.807, 2.05) is 48.5 Å². The van der Waals surface area contributed by atoms with Gasteiger partial charge in [-0.1, -0.05) is 30.3 Å². The third-order valence-corrected chi connectivity index (χ3v) is 3.04. The first-order valence-electron chi connectivity index (χ1n) is 6.17. The molecule has 0 fully saturated rings. The second kappa shape index (κ2) is 6.05. The summed E-state index contributed by atoms with van der Waals surface area (Å²) in [5.41, 5.74) is 2.89. The van der Waals surface area contributed by atoms with E-state index in [9.17, 15) is 4.79 Å². The van der Waals surface area contributed by atoms with Gasteiger partial charge in [-0.25, -0.2) is 0 Å².